The minimum atomic E-state index is -4.68. The number of morpholine rings is 1. The summed E-state index contributed by atoms with van der Waals surface area (Å²) in [5.74, 6) is -1.17. The van der Waals surface area contributed by atoms with Crippen LogP contribution in [-0.4, -0.2) is 43.1 Å². The van der Waals surface area contributed by atoms with Crippen LogP contribution in [0, 0.1) is 6.92 Å². The number of halogens is 3. The Hall–Kier alpha value is -4.70. The van der Waals surface area contributed by atoms with Crippen LogP contribution in [0.3, 0.4) is 0 Å². The van der Waals surface area contributed by atoms with Crippen molar-refractivity contribution in [1.82, 2.24) is 4.98 Å². The normalized spacial score (nSPS) is 13.5. The Morgan fingerprint density at radius 1 is 0.854 bits per heavy atom. The molecule has 0 spiro atoms. The van der Waals surface area contributed by atoms with Crippen molar-refractivity contribution < 1.29 is 27.5 Å². The Bertz CT molecular complexity index is 1550. The molecule has 0 aliphatic carbocycles. The largest absolute Gasteiger partial charge is 0.417 e. The average Bonchev–Trinajstić information content (AvgIpc) is 2.98. The van der Waals surface area contributed by atoms with E-state index < -0.39 is 23.2 Å². The highest BCUT2D eigenvalue weighted by molar-refractivity contribution is 6.06. The third kappa shape index (κ3) is 6.55. The number of anilines is 3. The zero-order chi connectivity index (χ0) is 29.0. The third-order valence-electron chi connectivity index (χ3n) is 6.83. The second kappa shape index (κ2) is 11.8. The van der Waals surface area contributed by atoms with Gasteiger partial charge in [-0.1, -0.05) is 18.2 Å². The van der Waals surface area contributed by atoms with E-state index in [0.717, 1.165) is 53.9 Å². The molecule has 1 aliphatic heterocycles. The Labute approximate surface area is 235 Å². The fraction of sp³-hybridized carbons (Fsp3) is 0.194. The van der Waals surface area contributed by atoms with Gasteiger partial charge in [-0.15, -0.1) is 0 Å². The maximum absolute atomic E-state index is 13.3. The summed E-state index contributed by atoms with van der Waals surface area (Å²) in [6.45, 7) is 4.96. The van der Waals surface area contributed by atoms with Crippen molar-refractivity contribution in [3.8, 4) is 11.1 Å². The van der Waals surface area contributed by atoms with Gasteiger partial charge in [0.1, 0.15) is 0 Å². The molecule has 1 aliphatic rings. The number of aromatic nitrogens is 1. The standard InChI is InChI=1S/C31H27F3N4O3/c1-20-2-3-22(29(39)36-24-8-10-25(11-9-24)38-14-16-41-17-15-38)18-26(20)21-4-6-23(7-5-21)37-30(40)27-19-35-13-12-28(27)31(32,33)34/h2-13,18-19H,14-17H2,1H3,(H,36,39)(H,37,40). The quantitative estimate of drug-likeness (QED) is 0.285. The van der Waals surface area contributed by atoms with Crippen LogP contribution in [0.25, 0.3) is 11.1 Å². The first kappa shape index (κ1) is 27.9. The number of pyridine rings is 1. The van der Waals surface area contributed by atoms with E-state index >= 15 is 0 Å². The molecule has 0 atom stereocenters. The number of alkyl halides is 3. The SMILES string of the molecule is Cc1ccc(C(=O)Nc2ccc(N3CCOCC3)cc2)cc1-c1ccc(NC(=O)c2cnccc2C(F)(F)F)cc1. The van der Waals surface area contributed by atoms with E-state index in [9.17, 15) is 22.8 Å². The summed E-state index contributed by atoms with van der Waals surface area (Å²) in [6, 6.07) is 20.5. The fourth-order valence-corrected chi connectivity index (χ4v) is 4.61. The zero-order valence-corrected chi connectivity index (χ0v) is 22.2. The molecule has 2 heterocycles. The molecule has 41 heavy (non-hydrogen) atoms. The number of rotatable bonds is 6. The van der Waals surface area contributed by atoms with E-state index in [4.69, 9.17) is 4.74 Å². The predicted octanol–water partition coefficient (Wildman–Crippen LogP) is 6.42. The first-order valence-corrected chi connectivity index (χ1v) is 13.0. The van der Waals surface area contributed by atoms with Gasteiger partial charge in [-0.25, -0.2) is 0 Å². The predicted molar refractivity (Wildman–Crippen MR) is 151 cm³/mol. The summed E-state index contributed by atoms with van der Waals surface area (Å²) in [5.41, 5.74) is 3.45. The third-order valence-corrected chi connectivity index (χ3v) is 6.83. The molecule has 0 radical (unpaired) electrons. The number of nitrogens with zero attached hydrogens (tertiary/aromatic N) is 2. The maximum Gasteiger partial charge on any atom is 0.417 e. The van der Waals surface area contributed by atoms with Gasteiger partial charge in [-0.2, -0.15) is 13.2 Å². The lowest BCUT2D eigenvalue weighted by molar-refractivity contribution is -0.138. The maximum atomic E-state index is 13.3. The molecular formula is C31H27F3N4O3. The van der Waals surface area contributed by atoms with Gasteiger partial charge >= 0.3 is 6.18 Å². The molecule has 10 heteroatoms. The van der Waals surface area contributed by atoms with Crippen LogP contribution in [0.15, 0.2) is 85.2 Å². The summed E-state index contributed by atoms with van der Waals surface area (Å²) < 4.78 is 45.2. The number of hydrogen-bond acceptors (Lipinski definition) is 5. The molecule has 3 aromatic carbocycles. The first-order valence-electron chi connectivity index (χ1n) is 13.0. The van der Waals surface area contributed by atoms with E-state index in [1.54, 1.807) is 36.4 Å². The average molecular weight is 561 g/mol. The van der Waals surface area contributed by atoms with Gasteiger partial charge in [-0.05, 0) is 78.2 Å². The fourth-order valence-electron chi connectivity index (χ4n) is 4.61. The number of ether oxygens (including phenoxy) is 1. The van der Waals surface area contributed by atoms with Crippen LogP contribution in [0.4, 0.5) is 30.2 Å². The topological polar surface area (TPSA) is 83.6 Å². The molecule has 4 aromatic rings. The number of amides is 2. The molecule has 1 aromatic heterocycles. The number of nitrogens with one attached hydrogen (secondary N) is 2. The second-order valence-electron chi connectivity index (χ2n) is 9.58. The Morgan fingerprint density at radius 3 is 2.15 bits per heavy atom. The van der Waals surface area contributed by atoms with Crippen LogP contribution in [0.2, 0.25) is 0 Å². The molecule has 2 amide bonds. The van der Waals surface area contributed by atoms with Crippen LogP contribution < -0.4 is 15.5 Å². The van der Waals surface area contributed by atoms with Gasteiger partial charge in [-0.3, -0.25) is 14.6 Å². The molecule has 1 saturated heterocycles. The Balaban J connectivity index is 1.27. The van der Waals surface area contributed by atoms with Gasteiger partial charge in [0.25, 0.3) is 11.8 Å². The van der Waals surface area contributed by atoms with Crippen LogP contribution in [0.5, 0.6) is 0 Å². The number of hydrogen-bond donors (Lipinski definition) is 2. The zero-order valence-electron chi connectivity index (χ0n) is 22.2. The molecule has 0 saturated carbocycles. The van der Waals surface area contributed by atoms with E-state index in [-0.39, 0.29) is 5.91 Å². The lowest BCUT2D eigenvalue weighted by Crippen LogP contribution is -2.36. The van der Waals surface area contributed by atoms with Gasteiger partial charge < -0.3 is 20.3 Å². The lowest BCUT2D eigenvalue weighted by Gasteiger charge is -2.28. The first-order chi connectivity index (χ1) is 19.7. The summed E-state index contributed by atoms with van der Waals surface area (Å²) >= 11 is 0. The van der Waals surface area contributed by atoms with E-state index in [1.165, 1.54) is 0 Å². The number of carbonyl (C=O) groups is 2. The monoisotopic (exact) mass is 560 g/mol. The van der Waals surface area contributed by atoms with E-state index in [0.29, 0.717) is 30.2 Å². The highest BCUT2D eigenvalue weighted by atomic mass is 19.4. The highest BCUT2D eigenvalue weighted by Crippen LogP contribution is 2.32. The van der Waals surface area contributed by atoms with E-state index in [1.807, 2.05) is 37.3 Å². The molecular weight excluding hydrogens is 533 g/mol. The van der Waals surface area contributed by atoms with Crippen molar-refractivity contribution in [2.24, 2.45) is 0 Å². The summed E-state index contributed by atoms with van der Waals surface area (Å²) in [4.78, 5) is 31.5. The van der Waals surface area contributed by atoms with Gasteiger partial charge in [0.2, 0.25) is 0 Å². The van der Waals surface area contributed by atoms with Gasteiger partial charge in [0.15, 0.2) is 0 Å². The van der Waals surface area contributed by atoms with Crippen molar-refractivity contribution in [1.29, 1.82) is 0 Å². The minimum absolute atomic E-state index is 0.258. The summed E-state index contributed by atoms with van der Waals surface area (Å²) in [7, 11) is 0. The number of carbonyl (C=O) groups excluding carboxylic acids is 2. The van der Waals surface area contributed by atoms with Gasteiger partial charge in [0.05, 0.1) is 24.3 Å². The van der Waals surface area contributed by atoms with Crippen LogP contribution in [-0.2, 0) is 10.9 Å². The summed E-state index contributed by atoms with van der Waals surface area (Å²) in [6.07, 6.45) is -2.79. The molecule has 0 unspecified atom stereocenters. The molecule has 2 N–H and O–H groups in total. The van der Waals surface area contributed by atoms with Crippen molar-refractivity contribution in [3.05, 3.63) is 107 Å². The van der Waals surface area contributed by atoms with Crippen molar-refractivity contribution >= 4 is 28.9 Å². The molecule has 210 valence electrons. The lowest BCUT2D eigenvalue weighted by atomic mass is 9.97. The molecule has 5 rings (SSSR count). The smallest absolute Gasteiger partial charge is 0.378 e. The Morgan fingerprint density at radius 2 is 1.49 bits per heavy atom. The molecule has 1 fully saturated rings. The van der Waals surface area contributed by atoms with Crippen LogP contribution in [0.1, 0.15) is 31.8 Å². The second-order valence-corrected chi connectivity index (χ2v) is 9.58. The molecule has 0 bridgehead atoms. The van der Waals surface area contributed by atoms with Crippen molar-refractivity contribution in [3.63, 3.8) is 0 Å². The van der Waals surface area contributed by atoms with Crippen molar-refractivity contribution in [2.45, 2.75) is 13.1 Å². The molecule has 7 nitrogen and oxygen atoms in total. The van der Waals surface area contributed by atoms with Gasteiger partial charge in [0, 0.05) is 48.1 Å². The Kier molecular flexibility index (Phi) is 8.02. The van der Waals surface area contributed by atoms with E-state index in [2.05, 4.69) is 20.5 Å². The highest BCUT2D eigenvalue weighted by Gasteiger charge is 2.35. The number of aryl methyl sites for hydroxylation is 1. The van der Waals surface area contributed by atoms with Crippen molar-refractivity contribution in [2.75, 3.05) is 41.8 Å². The van der Waals surface area contributed by atoms with Crippen LogP contribution >= 0.6 is 0 Å². The minimum Gasteiger partial charge on any atom is -0.378 e. The summed E-state index contributed by atoms with van der Waals surface area (Å²) in [5, 5.41) is 5.43. The number of benzene rings is 3.